The van der Waals surface area contributed by atoms with Gasteiger partial charge in [-0.25, -0.2) is 4.39 Å². The summed E-state index contributed by atoms with van der Waals surface area (Å²) in [6, 6.07) is 5.98. The van der Waals surface area contributed by atoms with Gasteiger partial charge >= 0.3 is 5.97 Å². The monoisotopic (exact) mass is 350 g/mol. The molecule has 1 amide bonds. The molecular formula is C19H27FN2O3. The van der Waals surface area contributed by atoms with E-state index in [1.54, 1.807) is 12.1 Å². The van der Waals surface area contributed by atoms with Gasteiger partial charge in [-0.3, -0.25) is 9.59 Å². The highest BCUT2D eigenvalue weighted by atomic mass is 19.1. The summed E-state index contributed by atoms with van der Waals surface area (Å²) in [4.78, 5) is 23.4. The molecule has 1 aliphatic carbocycles. The Kier molecular flexibility index (Phi) is 7.70. The predicted molar refractivity (Wildman–Crippen MR) is 94.8 cm³/mol. The number of carbonyl (C=O) groups is 2. The van der Waals surface area contributed by atoms with Crippen molar-refractivity contribution in [1.29, 1.82) is 0 Å². The smallest absolute Gasteiger partial charge is 0.307 e. The Balaban J connectivity index is 1.67. The van der Waals surface area contributed by atoms with Crippen molar-refractivity contribution in [3.05, 3.63) is 30.1 Å². The molecule has 0 bridgehead atoms. The van der Waals surface area contributed by atoms with Crippen molar-refractivity contribution < 1.29 is 19.1 Å². The van der Waals surface area contributed by atoms with Crippen LogP contribution in [0.4, 0.5) is 10.1 Å². The maximum absolute atomic E-state index is 12.8. The molecule has 1 aromatic rings. The van der Waals surface area contributed by atoms with Gasteiger partial charge in [0, 0.05) is 25.2 Å². The molecular weight excluding hydrogens is 323 g/mol. The number of hydrogen-bond acceptors (Lipinski definition) is 3. The molecule has 0 heterocycles. The normalized spacial score (nSPS) is 16.2. The van der Waals surface area contributed by atoms with Crippen molar-refractivity contribution >= 4 is 17.6 Å². The van der Waals surface area contributed by atoms with Crippen LogP contribution >= 0.6 is 0 Å². The third kappa shape index (κ3) is 7.11. The van der Waals surface area contributed by atoms with Gasteiger partial charge in [0.25, 0.3) is 0 Å². The number of rotatable bonds is 9. The van der Waals surface area contributed by atoms with Crippen molar-refractivity contribution in [3.63, 3.8) is 0 Å². The second kappa shape index (κ2) is 10.0. The topological polar surface area (TPSA) is 78.4 Å². The average Bonchev–Trinajstić information content (AvgIpc) is 2.60. The molecule has 1 saturated carbocycles. The van der Waals surface area contributed by atoms with Gasteiger partial charge < -0.3 is 15.7 Å². The van der Waals surface area contributed by atoms with E-state index >= 15 is 0 Å². The summed E-state index contributed by atoms with van der Waals surface area (Å²) in [5.74, 6) is -1.58. The Hall–Kier alpha value is -2.11. The van der Waals surface area contributed by atoms with Crippen LogP contribution in [0.25, 0.3) is 0 Å². The summed E-state index contributed by atoms with van der Waals surface area (Å²) in [6.45, 7) is 0.893. The number of carboxylic acid groups (broad SMARTS) is 1. The highest BCUT2D eigenvalue weighted by Crippen LogP contribution is 2.30. The molecule has 3 N–H and O–H groups in total. The fourth-order valence-electron chi connectivity index (χ4n) is 3.37. The van der Waals surface area contributed by atoms with Crippen LogP contribution in [-0.4, -0.2) is 30.1 Å². The number of halogens is 1. The summed E-state index contributed by atoms with van der Waals surface area (Å²) in [5.41, 5.74) is 0.774. The summed E-state index contributed by atoms with van der Waals surface area (Å²) >= 11 is 0. The van der Waals surface area contributed by atoms with Crippen molar-refractivity contribution in [3.8, 4) is 0 Å². The summed E-state index contributed by atoms with van der Waals surface area (Å²) < 4.78 is 12.8. The maximum Gasteiger partial charge on any atom is 0.307 e. The molecule has 1 atom stereocenters. The van der Waals surface area contributed by atoms with Gasteiger partial charge in [0.15, 0.2) is 0 Å². The zero-order valence-electron chi connectivity index (χ0n) is 14.5. The predicted octanol–water partition coefficient (Wildman–Crippen LogP) is 3.42. The molecule has 0 aliphatic heterocycles. The van der Waals surface area contributed by atoms with Crippen LogP contribution in [-0.2, 0) is 9.59 Å². The number of nitrogens with one attached hydrogen (secondary N) is 2. The van der Waals surface area contributed by atoms with Crippen molar-refractivity contribution in [2.45, 2.75) is 44.9 Å². The standard InChI is InChI=1S/C19H27FN2O3/c20-16-6-8-17(9-7-16)21-10-11-22-18(23)13-15(19(24)25)12-14-4-2-1-3-5-14/h6-9,14-15,21H,1-5,10-13H2,(H,22,23)(H,24,25)/t15-/m1/s1. The molecule has 1 aliphatic rings. The van der Waals surface area contributed by atoms with Gasteiger partial charge in [-0.05, 0) is 36.6 Å². The molecule has 138 valence electrons. The second-order valence-electron chi connectivity index (χ2n) is 6.76. The second-order valence-corrected chi connectivity index (χ2v) is 6.76. The SMILES string of the molecule is O=C(C[C@@H](CC1CCCCC1)C(=O)O)NCCNc1ccc(F)cc1. The lowest BCUT2D eigenvalue weighted by Gasteiger charge is -2.24. The fraction of sp³-hybridized carbons (Fsp3) is 0.579. The van der Waals surface area contributed by atoms with Gasteiger partial charge in [-0.15, -0.1) is 0 Å². The summed E-state index contributed by atoms with van der Waals surface area (Å²) in [5, 5.41) is 15.2. The summed E-state index contributed by atoms with van der Waals surface area (Å²) in [7, 11) is 0. The number of amides is 1. The first kappa shape index (κ1) is 19.2. The zero-order chi connectivity index (χ0) is 18.1. The number of benzene rings is 1. The van der Waals surface area contributed by atoms with E-state index in [4.69, 9.17) is 0 Å². The van der Waals surface area contributed by atoms with Crippen LogP contribution in [0, 0.1) is 17.7 Å². The molecule has 0 unspecified atom stereocenters. The molecule has 0 spiro atoms. The molecule has 0 saturated heterocycles. The molecule has 1 aromatic carbocycles. The number of anilines is 1. The van der Waals surface area contributed by atoms with E-state index in [1.807, 2.05) is 0 Å². The van der Waals surface area contributed by atoms with E-state index in [9.17, 15) is 19.1 Å². The van der Waals surface area contributed by atoms with Gasteiger partial charge in [0.2, 0.25) is 5.91 Å². The lowest BCUT2D eigenvalue weighted by Crippen LogP contribution is -2.32. The quantitative estimate of drug-likeness (QED) is 0.596. The van der Waals surface area contributed by atoms with Crippen LogP contribution in [0.5, 0.6) is 0 Å². The zero-order valence-corrected chi connectivity index (χ0v) is 14.5. The van der Waals surface area contributed by atoms with Gasteiger partial charge in [0.1, 0.15) is 5.82 Å². The third-order valence-electron chi connectivity index (χ3n) is 4.74. The minimum atomic E-state index is -0.884. The van der Waals surface area contributed by atoms with Crippen molar-refractivity contribution in [2.24, 2.45) is 11.8 Å². The molecule has 6 heteroatoms. The van der Waals surface area contributed by atoms with Crippen LogP contribution < -0.4 is 10.6 Å². The van der Waals surface area contributed by atoms with E-state index in [0.29, 0.717) is 25.4 Å². The largest absolute Gasteiger partial charge is 0.481 e. The number of carbonyl (C=O) groups excluding carboxylic acids is 1. The van der Waals surface area contributed by atoms with E-state index in [-0.39, 0.29) is 18.1 Å². The maximum atomic E-state index is 12.8. The van der Waals surface area contributed by atoms with Gasteiger partial charge in [-0.1, -0.05) is 32.1 Å². The van der Waals surface area contributed by atoms with E-state index in [2.05, 4.69) is 10.6 Å². The molecule has 0 aromatic heterocycles. The Labute approximate surface area is 148 Å². The number of aliphatic carboxylic acids is 1. The highest BCUT2D eigenvalue weighted by molar-refractivity contribution is 5.82. The number of hydrogen-bond donors (Lipinski definition) is 3. The Morgan fingerprint density at radius 2 is 1.80 bits per heavy atom. The van der Waals surface area contributed by atoms with Crippen molar-refractivity contribution in [1.82, 2.24) is 5.32 Å². The van der Waals surface area contributed by atoms with E-state index in [0.717, 1.165) is 31.4 Å². The van der Waals surface area contributed by atoms with Crippen LogP contribution in [0.15, 0.2) is 24.3 Å². The minimum absolute atomic E-state index is 0.0301. The first-order valence-electron chi connectivity index (χ1n) is 9.03. The first-order valence-corrected chi connectivity index (χ1v) is 9.03. The lowest BCUT2D eigenvalue weighted by molar-refractivity contribution is -0.144. The lowest BCUT2D eigenvalue weighted by atomic mass is 9.82. The van der Waals surface area contributed by atoms with Gasteiger partial charge in [0.05, 0.1) is 5.92 Å². The number of carboxylic acids is 1. The first-order chi connectivity index (χ1) is 12.0. The Bertz CT molecular complexity index is 556. The average molecular weight is 350 g/mol. The van der Waals surface area contributed by atoms with Crippen LogP contribution in [0.1, 0.15) is 44.9 Å². The van der Waals surface area contributed by atoms with Gasteiger partial charge in [-0.2, -0.15) is 0 Å². The fourth-order valence-corrected chi connectivity index (χ4v) is 3.37. The molecule has 5 nitrogen and oxygen atoms in total. The Morgan fingerprint density at radius 1 is 1.12 bits per heavy atom. The Morgan fingerprint density at radius 3 is 2.44 bits per heavy atom. The van der Waals surface area contributed by atoms with E-state index < -0.39 is 11.9 Å². The molecule has 0 radical (unpaired) electrons. The molecule has 25 heavy (non-hydrogen) atoms. The van der Waals surface area contributed by atoms with Crippen LogP contribution in [0.2, 0.25) is 0 Å². The molecule has 1 fully saturated rings. The highest BCUT2D eigenvalue weighted by Gasteiger charge is 2.26. The minimum Gasteiger partial charge on any atom is -0.481 e. The van der Waals surface area contributed by atoms with Crippen molar-refractivity contribution in [2.75, 3.05) is 18.4 Å². The van der Waals surface area contributed by atoms with Crippen LogP contribution in [0.3, 0.4) is 0 Å². The molecule has 2 rings (SSSR count). The van der Waals surface area contributed by atoms with E-state index in [1.165, 1.54) is 18.6 Å². The third-order valence-corrected chi connectivity index (χ3v) is 4.74. The summed E-state index contributed by atoms with van der Waals surface area (Å²) in [6.07, 6.45) is 6.34.